The number of hydrogen-bond donors (Lipinski definition) is 0. The van der Waals surface area contributed by atoms with Crippen LogP contribution in [0.15, 0.2) is 15.1 Å². The number of aliphatic imine (C=N–C) groups is 2. The largest absolute Gasteiger partial charge is 0.272 e. The molecule has 2 heterocycles. The highest BCUT2D eigenvalue weighted by molar-refractivity contribution is 8.13. The number of carbonyl (C=O) groups excluding carboxylic acids is 1. The van der Waals surface area contributed by atoms with Gasteiger partial charge in [-0.2, -0.15) is 5.10 Å². The van der Waals surface area contributed by atoms with Crippen LogP contribution in [0.5, 0.6) is 0 Å². The van der Waals surface area contributed by atoms with Crippen LogP contribution in [-0.4, -0.2) is 40.4 Å². The smallest absolute Gasteiger partial charge is 0.259 e. The zero-order chi connectivity index (χ0) is 11.0. The fourth-order valence-electron chi connectivity index (χ4n) is 1.43. The molecule has 5 nitrogen and oxygen atoms in total. The predicted molar refractivity (Wildman–Crippen MR) is 62.3 cm³/mol. The van der Waals surface area contributed by atoms with E-state index in [1.54, 1.807) is 6.21 Å². The van der Waals surface area contributed by atoms with Gasteiger partial charge in [-0.15, -0.1) is 0 Å². The zero-order valence-corrected chi connectivity index (χ0v) is 9.65. The van der Waals surface area contributed by atoms with Gasteiger partial charge < -0.3 is 0 Å². The summed E-state index contributed by atoms with van der Waals surface area (Å²) in [6.45, 7) is 3.85. The highest BCUT2D eigenvalue weighted by Gasteiger charge is 2.37. The van der Waals surface area contributed by atoms with Gasteiger partial charge in [-0.05, 0) is 20.1 Å². The van der Waals surface area contributed by atoms with Crippen molar-refractivity contribution in [1.82, 2.24) is 5.01 Å². The second-order valence-corrected chi connectivity index (χ2v) is 4.36. The first-order valence-corrected chi connectivity index (χ1v) is 5.94. The van der Waals surface area contributed by atoms with Gasteiger partial charge in [-0.25, -0.2) is 15.0 Å². The minimum Gasteiger partial charge on any atom is -0.272 e. The van der Waals surface area contributed by atoms with Gasteiger partial charge in [0.2, 0.25) is 0 Å². The van der Waals surface area contributed by atoms with Crippen LogP contribution in [0.1, 0.15) is 13.8 Å². The summed E-state index contributed by atoms with van der Waals surface area (Å²) >= 11 is 1.45. The van der Waals surface area contributed by atoms with Gasteiger partial charge >= 0.3 is 0 Å². The summed E-state index contributed by atoms with van der Waals surface area (Å²) < 4.78 is 0. The molecule has 15 heavy (non-hydrogen) atoms. The van der Waals surface area contributed by atoms with E-state index in [-0.39, 0.29) is 17.9 Å². The third kappa shape index (κ3) is 1.69. The van der Waals surface area contributed by atoms with Crippen LogP contribution in [0.25, 0.3) is 0 Å². The molecule has 2 aliphatic heterocycles. The Hall–Kier alpha value is -1.17. The Morgan fingerprint density at radius 1 is 1.53 bits per heavy atom. The van der Waals surface area contributed by atoms with E-state index in [0.717, 1.165) is 0 Å². The van der Waals surface area contributed by atoms with Gasteiger partial charge in [0, 0.05) is 6.21 Å². The Morgan fingerprint density at radius 2 is 2.27 bits per heavy atom. The molecule has 1 unspecified atom stereocenters. The number of nitrogens with zero attached hydrogens (tertiary/aromatic N) is 4. The molecule has 2 rings (SSSR count). The van der Waals surface area contributed by atoms with E-state index in [9.17, 15) is 4.79 Å². The SMILES string of the molecule is CSC1=NC2=NN(C(C)C)C(=O)C2C=N1. The lowest BCUT2D eigenvalue weighted by molar-refractivity contribution is -0.131. The molecule has 0 saturated heterocycles. The van der Waals surface area contributed by atoms with Crippen molar-refractivity contribution in [2.24, 2.45) is 21.0 Å². The first kappa shape index (κ1) is 10.4. The van der Waals surface area contributed by atoms with E-state index in [2.05, 4.69) is 15.1 Å². The number of rotatable bonds is 1. The van der Waals surface area contributed by atoms with Gasteiger partial charge in [-0.1, -0.05) is 11.8 Å². The maximum Gasteiger partial charge on any atom is 0.259 e. The van der Waals surface area contributed by atoms with Gasteiger partial charge in [0.15, 0.2) is 11.0 Å². The molecule has 0 aromatic carbocycles. The monoisotopic (exact) mass is 224 g/mol. The molecule has 0 saturated carbocycles. The van der Waals surface area contributed by atoms with Crippen molar-refractivity contribution in [3.8, 4) is 0 Å². The van der Waals surface area contributed by atoms with Crippen molar-refractivity contribution in [3.63, 3.8) is 0 Å². The van der Waals surface area contributed by atoms with Crippen LogP contribution in [-0.2, 0) is 4.79 Å². The quantitative estimate of drug-likeness (QED) is 0.666. The summed E-state index contributed by atoms with van der Waals surface area (Å²) in [5.41, 5.74) is 0. The highest BCUT2D eigenvalue weighted by atomic mass is 32.2. The van der Waals surface area contributed by atoms with E-state index in [1.165, 1.54) is 16.8 Å². The lowest BCUT2D eigenvalue weighted by Gasteiger charge is -2.16. The summed E-state index contributed by atoms with van der Waals surface area (Å²) in [6, 6.07) is 0.0666. The number of carbonyl (C=O) groups is 1. The standard InChI is InChI=1S/C9H12N4OS/c1-5(2)13-8(14)6-4-10-9(15-3)11-7(6)12-13/h4-6H,1-3H3. The fourth-order valence-corrected chi connectivity index (χ4v) is 1.78. The Bertz CT molecular complexity index is 386. The molecule has 0 bridgehead atoms. The normalized spacial score (nSPS) is 24.4. The van der Waals surface area contributed by atoms with E-state index in [0.29, 0.717) is 11.0 Å². The van der Waals surface area contributed by atoms with Crippen molar-refractivity contribution in [3.05, 3.63) is 0 Å². The number of amides is 1. The number of hydrogen-bond acceptors (Lipinski definition) is 5. The lowest BCUT2D eigenvalue weighted by atomic mass is 10.1. The van der Waals surface area contributed by atoms with Crippen molar-refractivity contribution in [1.29, 1.82) is 0 Å². The first-order chi connectivity index (χ1) is 7.13. The van der Waals surface area contributed by atoms with E-state index < -0.39 is 0 Å². The van der Waals surface area contributed by atoms with Crippen molar-refractivity contribution in [2.45, 2.75) is 19.9 Å². The molecule has 1 amide bonds. The van der Waals surface area contributed by atoms with Gasteiger partial charge in [0.05, 0.1) is 6.04 Å². The van der Waals surface area contributed by atoms with E-state index in [4.69, 9.17) is 0 Å². The molecule has 2 aliphatic rings. The van der Waals surface area contributed by atoms with Crippen LogP contribution < -0.4 is 0 Å². The molecule has 0 aromatic heterocycles. The molecule has 0 N–H and O–H groups in total. The average molecular weight is 224 g/mol. The van der Waals surface area contributed by atoms with Crippen LogP contribution in [0, 0.1) is 5.92 Å². The topological polar surface area (TPSA) is 57.4 Å². The van der Waals surface area contributed by atoms with Gasteiger partial charge in [0.1, 0.15) is 5.92 Å². The summed E-state index contributed by atoms with van der Waals surface area (Å²) in [5, 5.41) is 6.32. The minimum absolute atomic E-state index is 0.0346. The molecule has 0 aliphatic carbocycles. The maximum absolute atomic E-state index is 11.8. The third-order valence-electron chi connectivity index (χ3n) is 2.20. The third-order valence-corrected chi connectivity index (χ3v) is 2.76. The van der Waals surface area contributed by atoms with Gasteiger partial charge in [-0.3, -0.25) is 4.79 Å². The first-order valence-electron chi connectivity index (χ1n) is 4.72. The second-order valence-electron chi connectivity index (χ2n) is 3.59. The Labute approximate surface area is 92.3 Å². The lowest BCUT2D eigenvalue weighted by Crippen LogP contribution is -2.33. The summed E-state index contributed by atoms with van der Waals surface area (Å²) in [6.07, 6.45) is 3.52. The maximum atomic E-state index is 11.8. The molecule has 0 radical (unpaired) electrons. The molecule has 6 heteroatoms. The van der Waals surface area contributed by atoms with Crippen molar-refractivity contribution < 1.29 is 4.79 Å². The summed E-state index contributed by atoms with van der Waals surface area (Å²) in [7, 11) is 0. The minimum atomic E-state index is -0.372. The Kier molecular flexibility index (Phi) is 2.60. The molecule has 1 atom stereocenters. The van der Waals surface area contributed by atoms with Crippen LogP contribution in [0.3, 0.4) is 0 Å². The van der Waals surface area contributed by atoms with Crippen LogP contribution in [0.4, 0.5) is 0 Å². The van der Waals surface area contributed by atoms with Crippen LogP contribution >= 0.6 is 11.8 Å². The molecule has 0 spiro atoms. The van der Waals surface area contributed by atoms with Crippen LogP contribution in [0.2, 0.25) is 0 Å². The second kappa shape index (κ2) is 3.77. The van der Waals surface area contributed by atoms with E-state index in [1.807, 2.05) is 20.1 Å². The summed E-state index contributed by atoms with van der Waals surface area (Å²) in [5.74, 6) is 0.156. The average Bonchev–Trinajstić information content (AvgIpc) is 2.55. The Balaban J connectivity index is 2.30. The molecule has 0 aromatic rings. The number of amidine groups is 2. The van der Waals surface area contributed by atoms with Gasteiger partial charge in [0.25, 0.3) is 5.91 Å². The Morgan fingerprint density at radius 3 is 2.87 bits per heavy atom. The zero-order valence-electron chi connectivity index (χ0n) is 8.84. The molecule has 80 valence electrons. The molecule has 0 fully saturated rings. The van der Waals surface area contributed by atoms with E-state index >= 15 is 0 Å². The van der Waals surface area contributed by atoms with Crippen molar-refractivity contribution in [2.75, 3.05) is 6.26 Å². The number of thioether (sulfide) groups is 1. The number of hydrazone groups is 1. The predicted octanol–water partition coefficient (Wildman–Crippen LogP) is 0.970. The molecular formula is C9H12N4OS. The molecular weight excluding hydrogens is 212 g/mol. The van der Waals surface area contributed by atoms with Crippen molar-refractivity contribution >= 4 is 34.9 Å². The fraction of sp³-hybridized carbons (Fsp3) is 0.556. The number of fused-ring (bicyclic) bond motifs is 1. The highest BCUT2D eigenvalue weighted by Crippen LogP contribution is 2.21. The summed E-state index contributed by atoms with van der Waals surface area (Å²) in [4.78, 5) is 20.1.